The fraction of sp³-hybridized carbons (Fsp3) is 0.500. The van der Waals surface area contributed by atoms with Crippen molar-refractivity contribution in [3.63, 3.8) is 0 Å². The Bertz CT molecular complexity index is 594. The van der Waals surface area contributed by atoms with Crippen LogP contribution in [-0.2, 0) is 0 Å². The van der Waals surface area contributed by atoms with Crippen LogP contribution in [0.25, 0.3) is 10.9 Å². The quantitative estimate of drug-likeness (QED) is 0.826. The number of nitrogen functional groups attached to an aromatic ring is 1. The highest BCUT2D eigenvalue weighted by molar-refractivity contribution is 5.91. The lowest BCUT2D eigenvalue weighted by Crippen LogP contribution is -2.35. The summed E-state index contributed by atoms with van der Waals surface area (Å²) in [6.07, 6.45) is 1.64. The van der Waals surface area contributed by atoms with E-state index in [0.717, 1.165) is 42.0 Å². The van der Waals surface area contributed by atoms with Crippen molar-refractivity contribution < 1.29 is 0 Å². The summed E-state index contributed by atoms with van der Waals surface area (Å²) in [5, 5.41) is 1.02. The first-order chi connectivity index (χ1) is 9.97. The van der Waals surface area contributed by atoms with Gasteiger partial charge in [0, 0.05) is 30.7 Å². The Kier molecular flexibility index (Phi) is 4.96. The fourth-order valence-electron chi connectivity index (χ4n) is 2.36. The maximum Gasteiger partial charge on any atom is 0.140 e. The largest absolute Gasteiger partial charge is 0.399 e. The number of anilines is 2. The van der Waals surface area contributed by atoms with E-state index in [4.69, 9.17) is 5.73 Å². The predicted octanol–water partition coefficient (Wildman–Crippen LogP) is 2.24. The van der Waals surface area contributed by atoms with Crippen molar-refractivity contribution in [2.75, 3.05) is 44.4 Å². The molecule has 2 rings (SSSR count). The molecule has 0 atom stereocenters. The number of rotatable bonds is 6. The summed E-state index contributed by atoms with van der Waals surface area (Å²) in [7, 11) is 4.17. The van der Waals surface area contributed by atoms with Crippen LogP contribution in [0.4, 0.5) is 11.5 Å². The molecule has 2 aromatic rings. The van der Waals surface area contributed by atoms with Crippen molar-refractivity contribution in [2.45, 2.75) is 13.8 Å². The number of likely N-dealkylation sites (N-methyl/N-ethyl adjacent to an activating group) is 1. The smallest absolute Gasteiger partial charge is 0.140 e. The van der Waals surface area contributed by atoms with E-state index in [0.29, 0.717) is 5.92 Å². The Balaban J connectivity index is 2.40. The molecule has 0 aliphatic rings. The second-order valence-corrected chi connectivity index (χ2v) is 6.12. The maximum absolute atomic E-state index is 5.93. The Hall–Kier alpha value is -1.88. The van der Waals surface area contributed by atoms with Crippen LogP contribution in [0, 0.1) is 5.92 Å². The fourth-order valence-corrected chi connectivity index (χ4v) is 2.36. The Morgan fingerprint density at radius 3 is 2.57 bits per heavy atom. The van der Waals surface area contributed by atoms with Gasteiger partial charge in [-0.25, -0.2) is 9.97 Å². The average molecular weight is 287 g/mol. The molecule has 0 unspecified atom stereocenters. The molecule has 0 saturated heterocycles. The normalized spacial score (nSPS) is 11.5. The van der Waals surface area contributed by atoms with Gasteiger partial charge in [-0.3, -0.25) is 0 Å². The topological polar surface area (TPSA) is 58.3 Å². The molecule has 114 valence electrons. The predicted molar refractivity (Wildman–Crippen MR) is 89.6 cm³/mol. The molecule has 0 bridgehead atoms. The summed E-state index contributed by atoms with van der Waals surface area (Å²) in [5.41, 5.74) is 7.62. The van der Waals surface area contributed by atoms with Crippen LogP contribution >= 0.6 is 0 Å². The maximum atomic E-state index is 5.93. The first kappa shape index (κ1) is 15.5. The van der Waals surface area contributed by atoms with Gasteiger partial charge in [-0.15, -0.1) is 0 Å². The van der Waals surface area contributed by atoms with E-state index in [1.54, 1.807) is 6.33 Å². The second kappa shape index (κ2) is 6.72. The van der Waals surface area contributed by atoms with Crippen molar-refractivity contribution in [2.24, 2.45) is 5.92 Å². The number of hydrogen-bond donors (Lipinski definition) is 1. The van der Waals surface area contributed by atoms with Crippen molar-refractivity contribution in [1.82, 2.24) is 14.9 Å². The third-order valence-electron chi connectivity index (χ3n) is 3.34. The third kappa shape index (κ3) is 4.04. The molecule has 1 heterocycles. The first-order valence-electron chi connectivity index (χ1n) is 7.37. The van der Waals surface area contributed by atoms with E-state index in [1.807, 2.05) is 18.2 Å². The lowest BCUT2D eigenvalue weighted by Gasteiger charge is -2.28. The number of hydrogen-bond acceptors (Lipinski definition) is 5. The number of nitrogens with two attached hydrogens (primary N) is 1. The van der Waals surface area contributed by atoms with Gasteiger partial charge >= 0.3 is 0 Å². The van der Waals surface area contributed by atoms with E-state index >= 15 is 0 Å². The number of nitrogens with zero attached hydrogens (tertiary/aromatic N) is 4. The molecule has 2 N–H and O–H groups in total. The summed E-state index contributed by atoms with van der Waals surface area (Å²) < 4.78 is 0. The lowest BCUT2D eigenvalue weighted by atomic mass is 10.1. The van der Waals surface area contributed by atoms with E-state index in [1.165, 1.54) is 0 Å². The lowest BCUT2D eigenvalue weighted by molar-refractivity contribution is 0.408. The second-order valence-electron chi connectivity index (χ2n) is 6.12. The zero-order chi connectivity index (χ0) is 15.4. The van der Waals surface area contributed by atoms with Gasteiger partial charge in [-0.2, -0.15) is 0 Å². The SMILES string of the molecule is CC(C)CN(CCN(C)C)c1ncnc2ccc(N)cc12. The van der Waals surface area contributed by atoms with Crippen LogP contribution in [0.3, 0.4) is 0 Å². The van der Waals surface area contributed by atoms with Crippen molar-refractivity contribution in [3.8, 4) is 0 Å². The van der Waals surface area contributed by atoms with Crippen LogP contribution in [-0.4, -0.2) is 48.6 Å². The number of fused-ring (bicyclic) bond motifs is 1. The molecule has 1 aromatic heterocycles. The molecule has 5 heteroatoms. The molecular formula is C16H25N5. The molecule has 0 amide bonds. The van der Waals surface area contributed by atoms with E-state index in [9.17, 15) is 0 Å². The molecule has 0 spiro atoms. The Morgan fingerprint density at radius 1 is 1.14 bits per heavy atom. The molecule has 0 aliphatic heterocycles. The van der Waals surface area contributed by atoms with E-state index in [-0.39, 0.29) is 0 Å². The summed E-state index contributed by atoms with van der Waals surface area (Å²) in [6, 6.07) is 5.80. The Labute approximate surface area is 126 Å². The van der Waals surface area contributed by atoms with Crippen molar-refractivity contribution in [3.05, 3.63) is 24.5 Å². The molecule has 5 nitrogen and oxygen atoms in total. The Morgan fingerprint density at radius 2 is 1.90 bits per heavy atom. The molecule has 0 fully saturated rings. The van der Waals surface area contributed by atoms with Crippen LogP contribution in [0.15, 0.2) is 24.5 Å². The first-order valence-corrected chi connectivity index (χ1v) is 7.37. The van der Waals surface area contributed by atoms with Gasteiger partial charge in [-0.05, 0) is 38.2 Å². The minimum Gasteiger partial charge on any atom is -0.399 e. The average Bonchev–Trinajstić information content (AvgIpc) is 2.42. The van der Waals surface area contributed by atoms with Gasteiger partial charge in [0.1, 0.15) is 12.1 Å². The van der Waals surface area contributed by atoms with Gasteiger partial charge in [0.25, 0.3) is 0 Å². The number of aromatic nitrogens is 2. The van der Waals surface area contributed by atoms with Crippen LogP contribution in [0.1, 0.15) is 13.8 Å². The molecular weight excluding hydrogens is 262 g/mol. The van der Waals surface area contributed by atoms with E-state index < -0.39 is 0 Å². The zero-order valence-corrected chi connectivity index (χ0v) is 13.4. The minimum absolute atomic E-state index is 0.568. The highest BCUT2D eigenvalue weighted by Crippen LogP contribution is 2.25. The monoisotopic (exact) mass is 287 g/mol. The standard InChI is InChI=1S/C16H25N5/c1-12(2)10-21(8-7-20(3)4)16-14-9-13(17)5-6-15(14)18-11-19-16/h5-6,9,11-12H,7-8,10,17H2,1-4H3. The minimum atomic E-state index is 0.568. The van der Waals surface area contributed by atoms with Crippen molar-refractivity contribution >= 4 is 22.4 Å². The summed E-state index contributed by atoms with van der Waals surface area (Å²) in [5.74, 6) is 1.54. The van der Waals surface area contributed by atoms with Crippen LogP contribution < -0.4 is 10.6 Å². The third-order valence-corrected chi connectivity index (χ3v) is 3.34. The van der Waals surface area contributed by atoms with Crippen LogP contribution in [0.5, 0.6) is 0 Å². The molecule has 1 aromatic carbocycles. The molecule has 21 heavy (non-hydrogen) atoms. The van der Waals surface area contributed by atoms with Gasteiger partial charge in [0.15, 0.2) is 0 Å². The van der Waals surface area contributed by atoms with E-state index in [2.05, 4.69) is 47.7 Å². The summed E-state index contributed by atoms with van der Waals surface area (Å²) >= 11 is 0. The number of benzene rings is 1. The zero-order valence-electron chi connectivity index (χ0n) is 13.4. The van der Waals surface area contributed by atoms with Crippen LogP contribution in [0.2, 0.25) is 0 Å². The molecule has 0 aliphatic carbocycles. The molecule has 0 radical (unpaired) electrons. The summed E-state index contributed by atoms with van der Waals surface area (Å²) in [6.45, 7) is 7.34. The summed E-state index contributed by atoms with van der Waals surface area (Å²) in [4.78, 5) is 13.4. The van der Waals surface area contributed by atoms with Gasteiger partial charge in [0.2, 0.25) is 0 Å². The van der Waals surface area contributed by atoms with Crippen molar-refractivity contribution in [1.29, 1.82) is 0 Å². The van der Waals surface area contributed by atoms with Gasteiger partial charge in [-0.1, -0.05) is 13.8 Å². The van der Waals surface area contributed by atoms with Gasteiger partial charge < -0.3 is 15.5 Å². The van der Waals surface area contributed by atoms with Gasteiger partial charge in [0.05, 0.1) is 5.52 Å². The highest BCUT2D eigenvalue weighted by Gasteiger charge is 2.14. The highest BCUT2D eigenvalue weighted by atomic mass is 15.2. The molecule has 0 saturated carbocycles.